The van der Waals surface area contributed by atoms with E-state index in [1.807, 2.05) is 123 Å². The van der Waals surface area contributed by atoms with Crippen LogP contribution in [0.15, 0.2) is 308 Å². The maximum Gasteiger partial charge on any atom is 0.182 e. The molecule has 0 bridgehead atoms. The number of rotatable bonds is 17. The van der Waals surface area contributed by atoms with Crippen LogP contribution in [0.4, 0.5) is 48.1 Å². The molecule has 2 N–H and O–H groups in total. The van der Waals surface area contributed by atoms with Gasteiger partial charge in [-0.3, -0.25) is 3.07 Å². The van der Waals surface area contributed by atoms with Crippen molar-refractivity contribution in [2.75, 3.05) is 0 Å². The van der Waals surface area contributed by atoms with Crippen molar-refractivity contribution in [2.45, 2.75) is 89.3 Å². The fraction of sp³-hybridized carbons (Fsp3) is 0.148. The Morgan fingerprint density at radius 1 is 0.449 bits per heavy atom. The zero-order valence-electron chi connectivity index (χ0n) is 71.4. The molecule has 0 amide bonds. The predicted molar refractivity (Wildman–Crippen MR) is 545 cm³/mol. The maximum atomic E-state index is 14.0. The molecule has 48 heteroatoms. The largest absolute Gasteiger partial charge is 0.265 e. The molecule has 11 aromatic rings. The second-order valence-corrected chi connectivity index (χ2v) is 61.2. The first kappa shape index (κ1) is 116. The molecule has 0 radical (unpaired) electrons. The third-order valence-corrected chi connectivity index (χ3v) is 50.4. The summed E-state index contributed by atoms with van der Waals surface area (Å²) in [5, 5.41) is 0. The number of halogens is 21. The van der Waals surface area contributed by atoms with Crippen LogP contribution < -0.4 is 0 Å². The van der Waals surface area contributed by atoms with Crippen molar-refractivity contribution in [3.05, 3.63) is 367 Å². The summed E-state index contributed by atoms with van der Waals surface area (Å²) in [5.74, 6) is -10.6. The van der Waals surface area contributed by atoms with Gasteiger partial charge in [-0.15, -0.1) is 0 Å². The van der Waals surface area contributed by atoms with Gasteiger partial charge in [0, 0.05) is 3.57 Å². The molecule has 1 atom stereocenters. The zero-order valence-corrected chi connectivity index (χ0v) is 91.6. The number of carbonyl (C=O) groups excluding carboxylic acids is 9. The number of carbonyl (C=O) groups is 9. The number of alkyl halides is 10. The molecule has 136 heavy (non-hydrogen) atoms. The molecule has 3 aliphatic rings. The van der Waals surface area contributed by atoms with E-state index in [1.54, 1.807) is 123 Å². The molecule has 14 rings (SSSR count). The maximum absolute atomic E-state index is 14.0. The first-order valence-corrected chi connectivity index (χ1v) is 66.6. The standard InChI is InChI=1S/C13H13IO8.C13H13IO4S.C12H10FI.C10H5F6IO4.C10H10F3IO.C10H11IO4.C7H7F2I.C7H5IO4.C6H5IO/c1-8(15)19-14(20-9(2)16,21-10(3)17)12-7-5-4-6-11(12)13(18)22-14;1-11-7-9-13(10-8-11)19(16,17)18-14(15)12-5-3-2-4-6-12;13-14(11-7-3-1-4-8-11)12-9-5-2-6-10-12;11-9(12,13)7(18)20-17(6-4-2-1-3-5-6)21-8(19)10(14,15)16;1-9(2)7-5-3-4-6-8(7)14(15-9)10(11,12)13;1-8(12)14-11(15-9(2)13)10-6-4-3-5-7-10;1-6-2-4-7(5-3-6)10(8)9;9-7-5-3-1-2-4-6(5)8(10,11)12-7;8-7-6-4-2-1-3-5-6/h4-7H,1-3H3;2-10,15H,1H3;1-10H;1-5H;3-6H,1-2H3;3-7H,1-2H3;2-5H,1H3;1-4H,(H,10,11);1-5H. The average Bonchev–Trinajstić information content (AvgIpc) is 1.53. The third-order valence-electron chi connectivity index (χ3n) is 15.2. The topological polar surface area (TPSA) is 364 Å². The Morgan fingerprint density at radius 2 is 0.809 bits per heavy atom. The van der Waals surface area contributed by atoms with Gasteiger partial charge in [0.25, 0.3) is 0 Å². The normalized spacial score (nSPS) is 15.5. The first-order valence-electron chi connectivity index (χ1n) is 37.5. The Hall–Kier alpha value is -8.23. The van der Waals surface area contributed by atoms with Gasteiger partial charge in [0.05, 0.1) is 0 Å². The molecular formula is C88H79F12I9O26S. The van der Waals surface area contributed by atoms with Crippen molar-refractivity contribution in [3.63, 3.8) is 0 Å². The van der Waals surface area contributed by atoms with Gasteiger partial charge in [-0.05, 0) is 12.1 Å². The Labute approximate surface area is 838 Å². The quantitative estimate of drug-likeness (QED) is 0.0486. The summed E-state index contributed by atoms with van der Waals surface area (Å²) in [6, 6.07) is 83.6. The molecular weight excluding hydrogens is 2880 g/mol. The fourth-order valence-corrected chi connectivity index (χ4v) is 39.1. The van der Waals surface area contributed by atoms with E-state index in [1.165, 1.54) is 86.6 Å². The monoisotopic (exact) mass is 2950 g/mol. The number of aryl methyl sites for hydroxylation is 2. The van der Waals surface area contributed by atoms with Crippen molar-refractivity contribution in [1.82, 2.24) is 0 Å². The fourth-order valence-electron chi connectivity index (χ4n) is 9.74. The van der Waals surface area contributed by atoms with E-state index in [2.05, 4.69) is 9.20 Å². The summed E-state index contributed by atoms with van der Waals surface area (Å²) in [6.45, 7) is 12.8. The molecule has 0 aliphatic carbocycles. The molecule has 0 fully saturated rings. The predicted octanol–water partition coefficient (Wildman–Crippen LogP) is 25.6. The molecule has 11 aromatic carbocycles. The second-order valence-electron chi connectivity index (χ2n) is 26.2. The van der Waals surface area contributed by atoms with Crippen LogP contribution in [0, 0.1) is 49.5 Å². The number of hydrogen-bond donors (Lipinski definition) is 2. The zero-order chi connectivity index (χ0) is 101. The van der Waals surface area contributed by atoms with Crippen LogP contribution in [0.3, 0.4) is 0 Å². The van der Waals surface area contributed by atoms with Crippen molar-refractivity contribution >= 4 is 247 Å². The van der Waals surface area contributed by atoms with Gasteiger partial charge in [-0.2, -0.15) is 0 Å². The van der Waals surface area contributed by atoms with Crippen LogP contribution in [0.25, 0.3) is 0 Å². The Balaban J connectivity index is 0.000000238. The minimum atomic E-state index is -6.03. The third kappa shape index (κ3) is 37.1. The van der Waals surface area contributed by atoms with Crippen molar-refractivity contribution < 1.29 is 146 Å². The van der Waals surface area contributed by atoms with E-state index in [9.17, 15) is 113 Å². The van der Waals surface area contributed by atoms with Gasteiger partial charge in [-0.1, -0.05) is 18.2 Å². The van der Waals surface area contributed by atoms with Gasteiger partial charge >= 0.3 is 790 Å². The molecule has 0 aromatic heterocycles. The van der Waals surface area contributed by atoms with Crippen LogP contribution in [0.2, 0.25) is 0 Å². The molecule has 0 saturated carbocycles. The summed E-state index contributed by atoms with van der Waals surface area (Å²) >= 11 is -31.3. The molecule has 3 aliphatic heterocycles. The Morgan fingerprint density at radius 3 is 1.19 bits per heavy atom. The molecule has 26 nitrogen and oxygen atoms in total. The van der Waals surface area contributed by atoms with Crippen LogP contribution in [0.1, 0.15) is 85.9 Å². The minimum absolute atomic E-state index is 0.0142. The Bertz CT molecular complexity index is 5910. The summed E-state index contributed by atoms with van der Waals surface area (Å²) in [4.78, 5) is 101. The van der Waals surface area contributed by atoms with Gasteiger partial charge in [0.2, 0.25) is 0 Å². The molecule has 1 unspecified atom stereocenters. The van der Waals surface area contributed by atoms with E-state index < -0.39 is 269 Å². The van der Waals surface area contributed by atoms with Crippen LogP contribution in [0.5, 0.6) is 0 Å². The van der Waals surface area contributed by atoms with Crippen LogP contribution >= 0.6 is 183 Å². The molecule has 0 saturated heterocycles. The minimum Gasteiger partial charge on any atom is -0.265 e. The van der Waals surface area contributed by atoms with Gasteiger partial charge < -0.3 is 0 Å². The molecule has 740 valence electrons. The summed E-state index contributed by atoms with van der Waals surface area (Å²) in [5.41, 5.74) is 2.11. The smallest absolute Gasteiger partial charge is 0.182 e. The summed E-state index contributed by atoms with van der Waals surface area (Å²) in [6.07, 6.45) is -10.8. The summed E-state index contributed by atoms with van der Waals surface area (Å²) in [7, 11) is -3.90. The number of benzene rings is 11. The number of fused-ring (bicyclic) bond motifs is 3. The molecule has 3 heterocycles. The van der Waals surface area contributed by atoms with E-state index >= 15 is 0 Å². The van der Waals surface area contributed by atoms with Crippen molar-refractivity contribution in [1.29, 1.82) is 0 Å². The van der Waals surface area contributed by atoms with Gasteiger partial charge in [0.1, 0.15) is 0 Å². The van der Waals surface area contributed by atoms with Crippen molar-refractivity contribution in [2.24, 2.45) is 0 Å². The van der Waals surface area contributed by atoms with Crippen molar-refractivity contribution in [3.8, 4) is 0 Å². The Kier molecular flexibility index (Phi) is 46.2. The summed E-state index contributed by atoms with van der Waals surface area (Å²) < 4.78 is 267. The van der Waals surface area contributed by atoms with Crippen LogP contribution in [-0.2, 0) is 88.6 Å². The number of hydrogen-bond acceptors (Lipinski definition) is 25. The van der Waals surface area contributed by atoms with E-state index in [4.69, 9.17) is 24.0 Å². The average molecular weight is 2950 g/mol. The SMILES string of the molecule is CC(=O)OI(OC(C)=O)c1ccccc1.CC(=O)OI1(OC(C)=O)(OC(C)=O)OC(=O)c2ccccc21.CC1(C)OI(C(F)(F)F)c2ccccc21.Cc1ccc(I(F)F)cc1.Cc1ccc(S(=O)(=O)OI(O)c2ccccc2)cc1.FI(c1ccccc1)c1ccccc1.O=C(OI(OC(=O)C(F)(F)F)c1ccccc1)C(F)(F)F.O=C1OI(=O)(O)c2ccccc21.O=Ic1ccccc1. The van der Waals surface area contributed by atoms with Crippen LogP contribution in [-0.4, -0.2) is 85.5 Å². The van der Waals surface area contributed by atoms with E-state index in [0.29, 0.717) is 12.7 Å². The second kappa shape index (κ2) is 54.0. The van der Waals surface area contributed by atoms with E-state index in [-0.39, 0.29) is 30.3 Å². The van der Waals surface area contributed by atoms with Gasteiger partial charge in [-0.25, -0.2) is 0 Å². The molecule has 0 spiro atoms. The van der Waals surface area contributed by atoms with E-state index in [0.717, 1.165) is 58.3 Å². The van der Waals surface area contributed by atoms with Gasteiger partial charge in [0.15, 0.2) is 21.2 Å². The first-order chi connectivity index (χ1) is 63.7.